The molecule has 0 saturated heterocycles. The van der Waals surface area contributed by atoms with Crippen molar-refractivity contribution in [1.29, 1.82) is 0 Å². The average Bonchev–Trinajstić information content (AvgIpc) is 3.19. The molecule has 0 aromatic heterocycles. The molecule has 1 aliphatic carbocycles. The molecule has 1 saturated carbocycles. The van der Waals surface area contributed by atoms with Crippen LogP contribution in [0.4, 0.5) is 0 Å². The van der Waals surface area contributed by atoms with Gasteiger partial charge in [0, 0.05) is 24.7 Å². The fraction of sp³-hybridized carbons (Fsp3) is 0.600. The standard InChI is InChI=1S/C15H24N2O/c1-11(17(3)14-6-7-14)10-16-12(2)13-4-8-15(18)9-5-13/h4-5,8-9,11-12,14,16,18H,6-7,10H2,1-3H3. The second-order valence-electron chi connectivity index (χ2n) is 5.47. The molecule has 18 heavy (non-hydrogen) atoms. The zero-order valence-electron chi connectivity index (χ0n) is 11.6. The van der Waals surface area contributed by atoms with Crippen molar-refractivity contribution in [2.75, 3.05) is 13.6 Å². The maximum atomic E-state index is 9.27. The highest BCUT2D eigenvalue weighted by atomic mass is 16.3. The van der Waals surface area contributed by atoms with Gasteiger partial charge in [-0.1, -0.05) is 12.1 Å². The Morgan fingerprint density at radius 1 is 1.28 bits per heavy atom. The van der Waals surface area contributed by atoms with Crippen molar-refractivity contribution in [3.63, 3.8) is 0 Å². The van der Waals surface area contributed by atoms with E-state index in [1.807, 2.05) is 12.1 Å². The highest BCUT2D eigenvalue weighted by Crippen LogP contribution is 2.27. The van der Waals surface area contributed by atoms with Crippen LogP contribution in [-0.2, 0) is 0 Å². The normalized spacial score (nSPS) is 18.9. The summed E-state index contributed by atoms with van der Waals surface area (Å²) >= 11 is 0. The first-order chi connectivity index (χ1) is 8.58. The van der Waals surface area contributed by atoms with E-state index in [0.29, 0.717) is 17.8 Å². The van der Waals surface area contributed by atoms with Crippen LogP contribution in [0.3, 0.4) is 0 Å². The molecule has 0 bridgehead atoms. The molecule has 1 aromatic rings. The van der Waals surface area contributed by atoms with Crippen molar-refractivity contribution in [1.82, 2.24) is 10.2 Å². The van der Waals surface area contributed by atoms with Gasteiger partial charge >= 0.3 is 0 Å². The number of aromatic hydroxyl groups is 1. The number of rotatable bonds is 6. The summed E-state index contributed by atoms with van der Waals surface area (Å²) in [6.45, 7) is 5.43. The maximum Gasteiger partial charge on any atom is 0.115 e. The van der Waals surface area contributed by atoms with Gasteiger partial charge in [-0.05, 0) is 51.4 Å². The minimum absolute atomic E-state index is 0.320. The SMILES string of the molecule is CC(NCC(C)N(C)C1CC1)c1ccc(O)cc1. The van der Waals surface area contributed by atoms with Crippen LogP contribution in [0, 0.1) is 0 Å². The van der Waals surface area contributed by atoms with E-state index < -0.39 is 0 Å². The van der Waals surface area contributed by atoms with Crippen LogP contribution in [0.1, 0.15) is 38.3 Å². The molecule has 100 valence electrons. The average molecular weight is 248 g/mol. The van der Waals surface area contributed by atoms with Gasteiger partial charge in [0.1, 0.15) is 5.75 Å². The fourth-order valence-corrected chi connectivity index (χ4v) is 2.21. The smallest absolute Gasteiger partial charge is 0.115 e. The van der Waals surface area contributed by atoms with E-state index in [2.05, 4.69) is 31.1 Å². The van der Waals surface area contributed by atoms with Gasteiger partial charge in [0.25, 0.3) is 0 Å². The molecule has 0 aliphatic heterocycles. The van der Waals surface area contributed by atoms with Crippen molar-refractivity contribution >= 4 is 0 Å². The van der Waals surface area contributed by atoms with E-state index in [1.54, 1.807) is 12.1 Å². The van der Waals surface area contributed by atoms with Gasteiger partial charge in [0.15, 0.2) is 0 Å². The van der Waals surface area contributed by atoms with Crippen molar-refractivity contribution < 1.29 is 5.11 Å². The number of phenolic OH excluding ortho intramolecular Hbond substituents is 1. The number of phenols is 1. The zero-order valence-corrected chi connectivity index (χ0v) is 11.6. The molecule has 0 amide bonds. The predicted molar refractivity (Wildman–Crippen MR) is 74.8 cm³/mol. The summed E-state index contributed by atoms with van der Waals surface area (Å²) < 4.78 is 0. The minimum atomic E-state index is 0.320. The van der Waals surface area contributed by atoms with E-state index in [1.165, 1.54) is 18.4 Å². The molecule has 1 aliphatic rings. The molecule has 2 unspecified atom stereocenters. The van der Waals surface area contributed by atoms with E-state index >= 15 is 0 Å². The molecular formula is C15H24N2O. The van der Waals surface area contributed by atoms with Crippen molar-refractivity contribution in [2.45, 2.75) is 44.8 Å². The molecule has 0 heterocycles. The Balaban J connectivity index is 1.80. The Kier molecular flexibility index (Phi) is 4.25. The Bertz CT molecular complexity index is 373. The lowest BCUT2D eigenvalue weighted by molar-refractivity contribution is 0.237. The van der Waals surface area contributed by atoms with Gasteiger partial charge in [-0.3, -0.25) is 4.90 Å². The lowest BCUT2D eigenvalue weighted by atomic mass is 10.1. The van der Waals surface area contributed by atoms with Gasteiger partial charge in [-0.15, -0.1) is 0 Å². The van der Waals surface area contributed by atoms with Crippen molar-refractivity contribution in [2.24, 2.45) is 0 Å². The summed E-state index contributed by atoms with van der Waals surface area (Å²) in [7, 11) is 2.22. The van der Waals surface area contributed by atoms with Gasteiger partial charge < -0.3 is 10.4 Å². The molecule has 3 heteroatoms. The number of nitrogens with zero attached hydrogens (tertiary/aromatic N) is 1. The summed E-state index contributed by atoms with van der Waals surface area (Å²) in [5.74, 6) is 0.327. The quantitative estimate of drug-likeness (QED) is 0.812. The van der Waals surface area contributed by atoms with Gasteiger partial charge in [-0.2, -0.15) is 0 Å². The van der Waals surface area contributed by atoms with Crippen LogP contribution in [0.15, 0.2) is 24.3 Å². The molecule has 0 radical (unpaired) electrons. The van der Waals surface area contributed by atoms with Gasteiger partial charge in [-0.25, -0.2) is 0 Å². The van der Waals surface area contributed by atoms with Crippen molar-refractivity contribution in [3.8, 4) is 5.75 Å². The van der Waals surface area contributed by atoms with Gasteiger partial charge in [0.05, 0.1) is 0 Å². The van der Waals surface area contributed by atoms with Crippen LogP contribution in [0.2, 0.25) is 0 Å². The number of likely N-dealkylation sites (N-methyl/N-ethyl adjacent to an activating group) is 1. The van der Waals surface area contributed by atoms with Crippen LogP contribution in [-0.4, -0.2) is 35.7 Å². The number of nitrogens with one attached hydrogen (secondary N) is 1. The lowest BCUT2D eigenvalue weighted by Gasteiger charge is -2.26. The molecule has 0 spiro atoms. The Morgan fingerprint density at radius 2 is 1.89 bits per heavy atom. The van der Waals surface area contributed by atoms with E-state index in [0.717, 1.165) is 12.6 Å². The lowest BCUT2D eigenvalue weighted by Crippen LogP contribution is -2.39. The molecule has 3 nitrogen and oxygen atoms in total. The molecule has 2 N–H and O–H groups in total. The third kappa shape index (κ3) is 3.47. The van der Waals surface area contributed by atoms with Crippen LogP contribution < -0.4 is 5.32 Å². The summed E-state index contributed by atoms with van der Waals surface area (Å²) in [6, 6.07) is 9.13. The fourth-order valence-electron chi connectivity index (χ4n) is 2.21. The van der Waals surface area contributed by atoms with E-state index in [9.17, 15) is 5.11 Å². The Labute approximate surface area is 110 Å². The number of hydrogen-bond donors (Lipinski definition) is 2. The van der Waals surface area contributed by atoms with Crippen LogP contribution >= 0.6 is 0 Å². The molecule has 2 rings (SSSR count). The molecule has 2 atom stereocenters. The van der Waals surface area contributed by atoms with Crippen LogP contribution in [0.25, 0.3) is 0 Å². The second kappa shape index (κ2) is 5.72. The first-order valence-electron chi connectivity index (χ1n) is 6.82. The maximum absolute atomic E-state index is 9.27. The summed E-state index contributed by atoms with van der Waals surface area (Å²) in [5, 5.41) is 12.8. The van der Waals surface area contributed by atoms with Crippen LogP contribution in [0.5, 0.6) is 5.75 Å². The van der Waals surface area contributed by atoms with E-state index in [4.69, 9.17) is 0 Å². The number of benzene rings is 1. The number of hydrogen-bond acceptors (Lipinski definition) is 3. The molecule has 1 aromatic carbocycles. The van der Waals surface area contributed by atoms with Gasteiger partial charge in [0.2, 0.25) is 0 Å². The molecular weight excluding hydrogens is 224 g/mol. The second-order valence-corrected chi connectivity index (χ2v) is 5.47. The highest BCUT2D eigenvalue weighted by Gasteiger charge is 2.28. The topological polar surface area (TPSA) is 35.5 Å². The van der Waals surface area contributed by atoms with Crippen molar-refractivity contribution in [3.05, 3.63) is 29.8 Å². The predicted octanol–water partition coefficient (Wildman–Crippen LogP) is 2.53. The summed E-state index contributed by atoms with van der Waals surface area (Å²) in [4.78, 5) is 2.47. The third-order valence-electron chi connectivity index (χ3n) is 3.93. The highest BCUT2D eigenvalue weighted by molar-refractivity contribution is 5.27. The Hall–Kier alpha value is -1.06. The summed E-state index contributed by atoms with van der Waals surface area (Å²) in [6.07, 6.45) is 2.71. The monoisotopic (exact) mass is 248 g/mol. The molecule has 1 fully saturated rings. The first-order valence-corrected chi connectivity index (χ1v) is 6.82. The largest absolute Gasteiger partial charge is 0.508 e. The summed E-state index contributed by atoms with van der Waals surface area (Å²) in [5.41, 5.74) is 1.22. The van der Waals surface area contributed by atoms with E-state index in [-0.39, 0.29) is 0 Å². The minimum Gasteiger partial charge on any atom is -0.508 e. The Morgan fingerprint density at radius 3 is 2.44 bits per heavy atom. The first kappa shape index (κ1) is 13.4. The zero-order chi connectivity index (χ0) is 13.1. The third-order valence-corrected chi connectivity index (χ3v) is 3.93.